The number of hydrogen-bond donors (Lipinski definition) is 1. The second-order valence-corrected chi connectivity index (χ2v) is 5.52. The van der Waals surface area contributed by atoms with Crippen LogP contribution < -0.4 is 0 Å². The normalized spacial score (nSPS) is 17.5. The average Bonchev–Trinajstić information content (AvgIpc) is 3.05. The van der Waals surface area contributed by atoms with E-state index in [0.29, 0.717) is 25.1 Å². The number of nitrogens with zero attached hydrogens (tertiary/aromatic N) is 1. The Hall–Kier alpha value is -2.62. The van der Waals surface area contributed by atoms with Crippen molar-refractivity contribution in [2.24, 2.45) is 5.92 Å². The molecule has 0 saturated carbocycles. The van der Waals surface area contributed by atoms with Crippen LogP contribution in [0.1, 0.15) is 16.8 Å². The standard InChI is InChI=1S/C18H17NO3/c20-17(19-11-10-16(12-19)18(21)22)15-8-6-14(7-9-15)13-4-2-1-3-5-13/h1-9,16H,10-12H2,(H,21,22). The number of amides is 1. The summed E-state index contributed by atoms with van der Waals surface area (Å²) >= 11 is 0. The molecule has 0 bridgehead atoms. The van der Waals surface area contributed by atoms with Gasteiger partial charge in [0.2, 0.25) is 0 Å². The van der Waals surface area contributed by atoms with E-state index in [4.69, 9.17) is 5.11 Å². The maximum absolute atomic E-state index is 12.4. The molecule has 0 spiro atoms. The molecule has 1 amide bonds. The monoisotopic (exact) mass is 295 g/mol. The first-order valence-electron chi connectivity index (χ1n) is 7.33. The van der Waals surface area contributed by atoms with E-state index in [1.807, 2.05) is 42.5 Å². The molecule has 1 heterocycles. The number of carboxylic acids is 1. The number of rotatable bonds is 3. The molecule has 2 aromatic rings. The maximum Gasteiger partial charge on any atom is 0.308 e. The van der Waals surface area contributed by atoms with Crippen molar-refractivity contribution in [2.75, 3.05) is 13.1 Å². The Kier molecular flexibility index (Phi) is 3.92. The van der Waals surface area contributed by atoms with Gasteiger partial charge in [0.05, 0.1) is 5.92 Å². The van der Waals surface area contributed by atoms with Crippen molar-refractivity contribution >= 4 is 11.9 Å². The predicted octanol–water partition coefficient (Wildman–Crippen LogP) is 2.90. The molecule has 1 fully saturated rings. The van der Waals surface area contributed by atoms with Crippen molar-refractivity contribution < 1.29 is 14.7 Å². The summed E-state index contributed by atoms with van der Waals surface area (Å²) < 4.78 is 0. The van der Waals surface area contributed by atoms with E-state index in [0.717, 1.165) is 11.1 Å². The van der Waals surface area contributed by atoms with Crippen LogP contribution in [0.4, 0.5) is 0 Å². The molecule has 22 heavy (non-hydrogen) atoms. The van der Waals surface area contributed by atoms with Gasteiger partial charge >= 0.3 is 5.97 Å². The van der Waals surface area contributed by atoms with E-state index in [9.17, 15) is 9.59 Å². The molecule has 4 heteroatoms. The van der Waals surface area contributed by atoms with Gasteiger partial charge in [-0.2, -0.15) is 0 Å². The van der Waals surface area contributed by atoms with Gasteiger partial charge < -0.3 is 10.0 Å². The Morgan fingerprint density at radius 2 is 1.59 bits per heavy atom. The summed E-state index contributed by atoms with van der Waals surface area (Å²) in [5, 5.41) is 9.01. The number of likely N-dealkylation sites (tertiary alicyclic amines) is 1. The van der Waals surface area contributed by atoms with E-state index in [1.165, 1.54) is 0 Å². The molecule has 3 rings (SSSR count). The van der Waals surface area contributed by atoms with Crippen molar-refractivity contribution in [1.82, 2.24) is 4.90 Å². The highest BCUT2D eigenvalue weighted by Gasteiger charge is 2.31. The van der Waals surface area contributed by atoms with Crippen LogP contribution in [0, 0.1) is 5.92 Å². The van der Waals surface area contributed by atoms with Gasteiger partial charge in [-0.05, 0) is 29.7 Å². The molecule has 0 aliphatic carbocycles. The number of carboxylic acid groups (broad SMARTS) is 1. The van der Waals surface area contributed by atoms with Gasteiger partial charge in [-0.15, -0.1) is 0 Å². The van der Waals surface area contributed by atoms with Crippen molar-refractivity contribution in [1.29, 1.82) is 0 Å². The van der Waals surface area contributed by atoms with E-state index >= 15 is 0 Å². The van der Waals surface area contributed by atoms with Crippen LogP contribution in [0.5, 0.6) is 0 Å². The summed E-state index contributed by atoms with van der Waals surface area (Å²) in [7, 11) is 0. The van der Waals surface area contributed by atoms with E-state index in [2.05, 4.69) is 0 Å². The second kappa shape index (κ2) is 6.02. The third-order valence-corrected chi connectivity index (χ3v) is 4.06. The number of aliphatic carboxylic acids is 1. The van der Waals surface area contributed by atoms with Crippen LogP contribution >= 0.6 is 0 Å². The zero-order valence-corrected chi connectivity index (χ0v) is 12.1. The first kappa shape index (κ1) is 14.3. The third kappa shape index (κ3) is 2.86. The number of hydrogen-bond acceptors (Lipinski definition) is 2. The fourth-order valence-electron chi connectivity index (χ4n) is 2.76. The quantitative estimate of drug-likeness (QED) is 0.947. The Bertz CT molecular complexity index is 679. The lowest BCUT2D eigenvalue weighted by molar-refractivity contribution is -0.141. The molecule has 0 radical (unpaired) electrons. The summed E-state index contributed by atoms with van der Waals surface area (Å²) in [6, 6.07) is 17.4. The van der Waals surface area contributed by atoms with Crippen molar-refractivity contribution in [3.8, 4) is 11.1 Å². The van der Waals surface area contributed by atoms with Crippen LogP contribution in [-0.2, 0) is 4.79 Å². The fraction of sp³-hybridized carbons (Fsp3) is 0.222. The molecule has 2 aromatic carbocycles. The maximum atomic E-state index is 12.4. The van der Waals surface area contributed by atoms with Crippen LogP contribution in [0.3, 0.4) is 0 Å². The average molecular weight is 295 g/mol. The Balaban J connectivity index is 1.73. The molecule has 0 aromatic heterocycles. The first-order chi connectivity index (χ1) is 10.6. The van der Waals surface area contributed by atoms with Crippen LogP contribution in [0.2, 0.25) is 0 Å². The highest BCUT2D eigenvalue weighted by atomic mass is 16.4. The molecular formula is C18H17NO3. The number of benzene rings is 2. The number of carbonyl (C=O) groups excluding carboxylic acids is 1. The molecule has 1 saturated heterocycles. The predicted molar refractivity (Wildman–Crippen MR) is 83.5 cm³/mol. The molecule has 1 unspecified atom stereocenters. The molecule has 1 atom stereocenters. The summed E-state index contributed by atoms with van der Waals surface area (Å²) in [6.07, 6.45) is 0.531. The van der Waals surface area contributed by atoms with Crippen LogP contribution in [-0.4, -0.2) is 35.0 Å². The molecule has 1 N–H and O–H groups in total. The van der Waals surface area contributed by atoms with Gasteiger partial charge in [0.1, 0.15) is 0 Å². The highest BCUT2D eigenvalue weighted by molar-refractivity contribution is 5.95. The first-order valence-corrected chi connectivity index (χ1v) is 7.33. The highest BCUT2D eigenvalue weighted by Crippen LogP contribution is 2.22. The zero-order valence-electron chi connectivity index (χ0n) is 12.1. The summed E-state index contributed by atoms with van der Waals surface area (Å²) in [5.41, 5.74) is 2.77. The van der Waals surface area contributed by atoms with Crippen molar-refractivity contribution in [2.45, 2.75) is 6.42 Å². The van der Waals surface area contributed by atoms with Gasteiger partial charge in [-0.25, -0.2) is 0 Å². The summed E-state index contributed by atoms with van der Waals surface area (Å²) in [4.78, 5) is 25.0. The van der Waals surface area contributed by atoms with Crippen LogP contribution in [0.15, 0.2) is 54.6 Å². The largest absolute Gasteiger partial charge is 0.481 e. The SMILES string of the molecule is O=C(O)C1CCN(C(=O)c2ccc(-c3ccccc3)cc2)C1. The van der Waals surface area contributed by atoms with Crippen molar-refractivity contribution in [3.63, 3.8) is 0 Å². The van der Waals surface area contributed by atoms with Crippen LogP contribution in [0.25, 0.3) is 11.1 Å². The minimum absolute atomic E-state index is 0.0941. The lowest BCUT2D eigenvalue weighted by Crippen LogP contribution is -2.29. The van der Waals surface area contributed by atoms with Gasteiger partial charge in [0.15, 0.2) is 0 Å². The Labute approximate surface area is 129 Å². The summed E-state index contributed by atoms with van der Waals surface area (Å²) in [6.45, 7) is 0.810. The smallest absolute Gasteiger partial charge is 0.308 e. The van der Waals surface area contributed by atoms with Crippen molar-refractivity contribution in [3.05, 3.63) is 60.2 Å². The van der Waals surface area contributed by atoms with Gasteiger partial charge in [0.25, 0.3) is 5.91 Å². The minimum Gasteiger partial charge on any atom is -0.481 e. The van der Waals surface area contributed by atoms with E-state index < -0.39 is 11.9 Å². The van der Waals surface area contributed by atoms with E-state index in [-0.39, 0.29) is 5.91 Å². The molecule has 1 aliphatic heterocycles. The lowest BCUT2D eigenvalue weighted by Gasteiger charge is -2.16. The lowest BCUT2D eigenvalue weighted by atomic mass is 10.0. The minimum atomic E-state index is -0.824. The topological polar surface area (TPSA) is 57.6 Å². The fourth-order valence-corrected chi connectivity index (χ4v) is 2.76. The summed E-state index contributed by atoms with van der Waals surface area (Å²) in [5.74, 6) is -1.36. The van der Waals surface area contributed by atoms with E-state index in [1.54, 1.807) is 17.0 Å². The number of carbonyl (C=O) groups is 2. The molecule has 112 valence electrons. The molecular weight excluding hydrogens is 278 g/mol. The van der Waals surface area contributed by atoms with Gasteiger partial charge in [0, 0.05) is 18.7 Å². The molecule has 4 nitrogen and oxygen atoms in total. The zero-order chi connectivity index (χ0) is 15.5. The van der Waals surface area contributed by atoms with Gasteiger partial charge in [-0.1, -0.05) is 42.5 Å². The second-order valence-electron chi connectivity index (χ2n) is 5.52. The third-order valence-electron chi connectivity index (χ3n) is 4.06. The molecule has 1 aliphatic rings. The Morgan fingerprint density at radius 1 is 0.955 bits per heavy atom. The van der Waals surface area contributed by atoms with Gasteiger partial charge in [-0.3, -0.25) is 9.59 Å². The Morgan fingerprint density at radius 3 is 2.18 bits per heavy atom.